The predicted octanol–water partition coefficient (Wildman–Crippen LogP) is 5.76. The molecule has 2 heterocycles. The number of nitro benzene ring substituents is 2. The molecule has 2 aliphatic heterocycles. The molecular weight excluding hydrogens is 881 g/mol. The quantitative estimate of drug-likeness (QED) is 0.0804. The molecule has 3 aromatic carbocycles. The van der Waals surface area contributed by atoms with E-state index < -0.39 is 92.0 Å². The van der Waals surface area contributed by atoms with Crippen LogP contribution >= 0.6 is 0 Å². The van der Waals surface area contributed by atoms with Gasteiger partial charge in [0.2, 0.25) is 23.6 Å². The van der Waals surface area contributed by atoms with Crippen molar-refractivity contribution in [1.82, 2.24) is 20.4 Å². The number of ether oxygens (including phenoxy) is 2. The van der Waals surface area contributed by atoms with Gasteiger partial charge in [0.15, 0.2) is 11.1 Å². The zero-order valence-electron chi connectivity index (χ0n) is 39.7. The maximum atomic E-state index is 14.2. The number of hydrogen-bond acceptors (Lipinski definition) is 12. The first-order valence-corrected chi connectivity index (χ1v) is 22.2. The lowest BCUT2D eigenvalue weighted by atomic mass is 9.82. The second kappa shape index (κ2) is 20.2. The molecule has 5 rings (SSSR count). The first kappa shape index (κ1) is 51.6. The van der Waals surface area contributed by atoms with Gasteiger partial charge in [0.1, 0.15) is 12.1 Å². The third kappa shape index (κ3) is 9.84. The molecule has 364 valence electrons. The van der Waals surface area contributed by atoms with Crippen LogP contribution in [0.15, 0.2) is 60.7 Å². The number of carbonyl (C=O) groups excluding carboxylic acids is 6. The number of hydrogen-bond donors (Lipinski definition) is 4. The molecule has 2 saturated heterocycles. The molecule has 6 amide bonds. The van der Waals surface area contributed by atoms with Gasteiger partial charge in [-0.1, -0.05) is 84.9 Å². The van der Waals surface area contributed by atoms with Crippen LogP contribution in [-0.2, 0) is 45.1 Å². The minimum atomic E-state index is -1.99. The summed E-state index contributed by atoms with van der Waals surface area (Å²) in [4.78, 5) is 107. The van der Waals surface area contributed by atoms with Gasteiger partial charge in [0.05, 0.1) is 35.2 Å². The Balaban J connectivity index is 1.73. The molecule has 0 spiro atoms. The SMILES string of the molecule is COC(=O)N[C@H](C(=O)N1CCC[C@@]1(C(N)=O)c1ccc(C=C(c2ccc(C(C)(C)C)cc2)c2ccc([C@]3(C(N)=O)CCCN3C(=O)[C@@H](NC(=O)OC)C(C)C)c([N+](=O)[O-])c2)cc1[N+](=O)[O-])C(C)C. The van der Waals surface area contributed by atoms with E-state index in [1.54, 1.807) is 45.9 Å². The summed E-state index contributed by atoms with van der Waals surface area (Å²) in [6, 6.07) is 13.3. The average Bonchev–Trinajstić information content (AvgIpc) is 3.95. The number of amides is 6. The van der Waals surface area contributed by atoms with E-state index in [9.17, 15) is 49.0 Å². The van der Waals surface area contributed by atoms with Crippen LogP contribution in [0.3, 0.4) is 0 Å². The largest absolute Gasteiger partial charge is 0.453 e. The zero-order chi connectivity index (χ0) is 50.6. The molecule has 0 saturated carbocycles. The van der Waals surface area contributed by atoms with Crippen LogP contribution in [0.5, 0.6) is 0 Å². The Bertz CT molecular complexity index is 2540. The molecule has 20 nitrogen and oxygen atoms in total. The van der Waals surface area contributed by atoms with Crippen LogP contribution in [0.4, 0.5) is 21.0 Å². The summed E-state index contributed by atoms with van der Waals surface area (Å²) in [5.41, 5.74) is 8.89. The van der Waals surface area contributed by atoms with Crippen molar-refractivity contribution in [3.63, 3.8) is 0 Å². The Morgan fingerprint density at radius 3 is 1.47 bits per heavy atom. The van der Waals surface area contributed by atoms with E-state index in [4.69, 9.17) is 20.9 Å². The van der Waals surface area contributed by atoms with Crippen LogP contribution < -0.4 is 22.1 Å². The zero-order valence-corrected chi connectivity index (χ0v) is 39.7. The molecule has 2 aliphatic rings. The van der Waals surface area contributed by atoms with Gasteiger partial charge < -0.3 is 41.4 Å². The van der Waals surface area contributed by atoms with Crippen molar-refractivity contribution in [3.05, 3.63) is 114 Å². The lowest BCUT2D eigenvalue weighted by molar-refractivity contribution is -0.386. The van der Waals surface area contributed by atoms with Crippen molar-refractivity contribution in [1.29, 1.82) is 0 Å². The predicted molar refractivity (Wildman–Crippen MR) is 250 cm³/mol. The fraction of sp³-hybridized carbons (Fsp3) is 0.458. The highest BCUT2D eigenvalue weighted by molar-refractivity contribution is 5.98. The maximum Gasteiger partial charge on any atom is 0.407 e. The Morgan fingerprint density at radius 2 is 1.09 bits per heavy atom. The number of carbonyl (C=O) groups is 6. The minimum Gasteiger partial charge on any atom is -0.453 e. The Labute approximate surface area is 394 Å². The third-order valence-electron chi connectivity index (χ3n) is 12.9. The molecular formula is C48H60N8O12. The molecule has 68 heavy (non-hydrogen) atoms. The molecule has 20 heteroatoms. The van der Waals surface area contributed by atoms with Crippen LogP contribution in [0.2, 0.25) is 0 Å². The first-order valence-electron chi connectivity index (χ1n) is 22.2. The van der Waals surface area contributed by atoms with Crippen LogP contribution in [0.1, 0.15) is 108 Å². The number of benzene rings is 3. The highest BCUT2D eigenvalue weighted by Crippen LogP contribution is 2.47. The normalized spacial score (nSPS) is 19.3. The number of primary amides is 2. The van der Waals surface area contributed by atoms with Gasteiger partial charge in [0.25, 0.3) is 11.4 Å². The molecule has 2 fully saturated rings. The van der Waals surface area contributed by atoms with Crippen molar-refractivity contribution in [2.75, 3.05) is 27.3 Å². The number of nitrogens with two attached hydrogens (primary N) is 2. The highest BCUT2D eigenvalue weighted by atomic mass is 16.6. The van der Waals surface area contributed by atoms with E-state index in [-0.39, 0.29) is 66.4 Å². The fourth-order valence-electron chi connectivity index (χ4n) is 9.30. The number of alkyl carbamates (subject to hydrolysis) is 2. The van der Waals surface area contributed by atoms with Gasteiger partial charge in [-0.05, 0) is 89.0 Å². The Kier molecular flexibility index (Phi) is 15.4. The van der Waals surface area contributed by atoms with E-state index in [1.807, 2.05) is 32.9 Å². The van der Waals surface area contributed by atoms with Gasteiger partial charge in [-0.3, -0.25) is 39.4 Å². The van der Waals surface area contributed by atoms with E-state index in [0.29, 0.717) is 11.1 Å². The lowest BCUT2D eigenvalue weighted by Crippen LogP contribution is -2.59. The van der Waals surface area contributed by atoms with Crippen molar-refractivity contribution in [2.45, 2.75) is 103 Å². The van der Waals surface area contributed by atoms with Gasteiger partial charge >= 0.3 is 12.2 Å². The molecule has 0 aliphatic carbocycles. The monoisotopic (exact) mass is 940 g/mol. The topological polar surface area (TPSA) is 290 Å². The first-order chi connectivity index (χ1) is 31.9. The third-order valence-corrected chi connectivity index (χ3v) is 12.9. The summed E-state index contributed by atoms with van der Waals surface area (Å²) in [5, 5.41) is 31.2. The standard InChI is InChI=1S/C48H60N8O12/c1-27(2)38(51-44(61)67-8)40(57)53-22-10-20-47(53,42(49)59)34-18-12-29(25-36(34)55(63)64)24-33(30-13-16-32(17-14-30)46(5,6)7)31-15-19-35(37(26-31)56(65)66)48(43(50)60)21-11-23-54(48)41(58)39(28(3)4)52-45(62)68-9/h12-19,24-28,38-39H,10-11,20-23H2,1-9H3,(H2,49,59)(H2,50,60)(H,51,61)(H,52,62)/t38-,39-,47-,48-/m0/s1. The molecule has 0 radical (unpaired) electrons. The summed E-state index contributed by atoms with van der Waals surface area (Å²) in [6.07, 6.45) is 0.197. The van der Waals surface area contributed by atoms with E-state index in [0.717, 1.165) is 19.8 Å². The van der Waals surface area contributed by atoms with E-state index in [1.165, 1.54) is 46.2 Å². The second-order valence-electron chi connectivity index (χ2n) is 18.8. The van der Waals surface area contributed by atoms with Crippen molar-refractivity contribution in [2.24, 2.45) is 23.3 Å². The molecule has 4 atom stereocenters. The van der Waals surface area contributed by atoms with E-state index >= 15 is 0 Å². The van der Waals surface area contributed by atoms with Crippen molar-refractivity contribution >= 4 is 58.8 Å². The van der Waals surface area contributed by atoms with Gasteiger partial charge in [-0.25, -0.2) is 9.59 Å². The number of likely N-dealkylation sites (tertiary alicyclic amines) is 2. The average molecular weight is 941 g/mol. The van der Waals surface area contributed by atoms with Crippen LogP contribution in [0.25, 0.3) is 11.6 Å². The van der Waals surface area contributed by atoms with Gasteiger partial charge in [-0.15, -0.1) is 0 Å². The van der Waals surface area contributed by atoms with Crippen molar-refractivity contribution < 1.29 is 48.1 Å². The van der Waals surface area contributed by atoms with Gasteiger partial charge in [-0.2, -0.15) is 0 Å². The molecule has 0 bridgehead atoms. The summed E-state index contributed by atoms with van der Waals surface area (Å²) >= 11 is 0. The molecule has 0 aromatic heterocycles. The minimum absolute atomic E-state index is 0.00154. The maximum absolute atomic E-state index is 14.2. The van der Waals surface area contributed by atoms with E-state index in [2.05, 4.69) is 10.6 Å². The van der Waals surface area contributed by atoms with Crippen molar-refractivity contribution in [3.8, 4) is 0 Å². The number of rotatable bonds is 15. The van der Waals surface area contributed by atoms with Crippen LogP contribution in [0, 0.1) is 32.1 Å². The number of methoxy groups -OCH3 is 2. The second-order valence-corrected chi connectivity index (χ2v) is 18.8. The molecule has 0 unspecified atom stereocenters. The van der Waals surface area contributed by atoms with Crippen LogP contribution in [-0.4, -0.2) is 94.9 Å². The summed E-state index contributed by atoms with van der Waals surface area (Å²) < 4.78 is 9.45. The smallest absolute Gasteiger partial charge is 0.407 e. The molecule has 3 aromatic rings. The summed E-state index contributed by atoms with van der Waals surface area (Å²) in [6.45, 7) is 12.8. The fourth-order valence-corrected chi connectivity index (χ4v) is 9.30. The van der Waals surface area contributed by atoms with Gasteiger partial charge in [0, 0.05) is 25.2 Å². The number of nitrogens with one attached hydrogen (secondary N) is 2. The Morgan fingerprint density at radius 1 is 0.676 bits per heavy atom. The number of nitro groups is 2. The summed E-state index contributed by atoms with van der Waals surface area (Å²) in [5.74, 6) is -4.38. The Hall–Kier alpha value is -7.38. The number of nitrogens with zero attached hydrogens (tertiary/aromatic N) is 4. The lowest BCUT2D eigenvalue weighted by Gasteiger charge is -2.38. The summed E-state index contributed by atoms with van der Waals surface area (Å²) in [7, 11) is 2.27. The molecule has 6 N–H and O–H groups in total. The highest BCUT2D eigenvalue weighted by Gasteiger charge is 2.56.